The van der Waals surface area contributed by atoms with E-state index in [9.17, 15) is 0 Å². The maximum absolute atomic E-state index is 5.36. The van der Waals surface area contributed by atoms with Crippen LogP contribution in [0.4, 0.5) is 0 Å². The Balaban J connectivity index is 1.60. The van der Waals surface area contributed by atoms with Crippen LogP contribution in [0.2, 0.25) is 0 Å². The quantitative estimate of drug-likeness (QED) is 0.628. The molecule has 3 heteroatoms. The number of nitrogens with zero attached hydrogens (tertiary/aromatic N) is 1. The minimum absolute atomic E-state index is 0.0885. The minimum atomic E-state index is 0.0885. The van der Waals surface area contributed by atoms with Crippen molar-refractivity contribution in [3.63, 3.8) is 0 Å². The summed E-state index contributed by atoms with van der Waals surface area (Å²) in [4.78, 5) is 2.49. The average Bonchev–Trinajstić information content (AvgIpc) is 2.74. The van der Waals surface area contributed by atoms with Gasteiger partial charge >= 0.3 is 0 Å². The Morgan fingerprint density at radius 1 is 1.08 bits per heavy atom. The molecule has 0 aliphatic carbocycles. The van der Waals surface area contributed by atoms with Gasteiger partial charge in [0.15, 0.2) is 6.29 Å². The third kappa shape index (κ3) is 2.19. The summed E-state index contributed by atoms with van der Waals surface area (Å²) >= 11 is 0. The molecule has 2 fully saturated rings. The van der Waals surface area contributed by atoms with Crippen molar-refractivity contribution in [2.45, 2.75) is 25.6 Å². The van der Waals surface area contributed by atoms with Crippen molar-refractivity contribution >= 4 is 0 Å². The molecule has 70 valence electrons. The monoisotopic (exact) mass is 171 g/mol. The highest BCUT2D eigenvalue weighted by Crippen LogP contribution is 2.12. The number of ether oxygens (including phenoxy) is 2. The fraction of sp³-hybridized carbons (Fsp3) is 1.00. The lowest BCUT2D eigenvalue weighted by molar-refractivity contribution is -0.0506. The number of hydrogen-bond acceptors (Lipinski definition) is 3. The SMILES string of the molecule is C1CCN(CCC2OCCO2)C1. The Bertz CT molecular complexity index is 112. The van der Waals surface area contributed by atoms with Gasteiger partial charge in [0.1, 0.15) is 0 Å². The first-order valence-electron chi connectivity index (χ1n) is 4.91. The lowest BCUT2D eigenvalue weighted by Crippen LogP contribution is -2.24. The van der Waals surface area contributed by atoms with Crippen LogP contribution < -0.4 is 0 Å². The molecule has 2 rings (SSSR count). The van der Waals surface area contributed by atoms with Crippen LogP contribution >= 0.6 is 0 Å². The zero-order valence-electron chi connectivity index (χ0n) is 7.50. The molecule has 2 heterocycles. The van der Waals surface area contributed by atoms with Crippen molar-refractivity contribution in [2.75, 3.05) is 32.8 Å². The Morgan fingerprint density at radius 2 is 1.75 bits per heavy atom. The van der Waals surface area contributed by atoms with Crippen molar-refractivity contribution in [3.05, 3.63) is 0 Å². The first kappa shape index (κ1) is 8.48. The first-order chi connectivity index (χ1) is 5.95. The summed E-state index contributed by atoms with van der Waals surface area (Å²) in [6.07, 6.45) is 3.87. The van der Waals surface area contributed by atoms with Gasteiger partial charge in [-0.15, -0.1) is 0 Å². The van der Waals surface area contributed by atoms with Crippen molar-refractivity contribution in [1.29, 1.82) is 0 Å². The molecule has 0 aromatic rings. The van der Waals surface area contributed by atoms with Crippen molar-refractivity contribution < 1.29 is 9.47 Å². The van der Waals surface area contributed by atoms with Gasteiger partial charge in [-0.05, 0) is 25.9 Å². The molecule has 12 heavy (non-hydrogen) atoms. The molecule has 0 aromatic carbocycles. The van der Waals surface area contributed by atoms with Gasteiger partial charge in [-0.25, -0.2) is 0 Å². The first-order valence-corrected chi connectivity index (χ1v) is 4.91. The summed E-state index contributed by atoms with van der Waals surface area (Å²) in [5, 5.41) is 0. The third-order valence-electron chi connectivity index (χ3n) is 2.57. The maximum atomic E-state index is 5.36. The molecular formula is C9H17NO2. The highest BCUT2D eigenvalue weighted by atomic mass is 16.7. The van der Waals surface area contributed by atoms with E-state index in [1.54, 1.807) is 0 Å². The molecular weight excluding hydrogens is 154 g/mol. The predicted octanol–water partition coefficient (Wildman–Crippen LogP) is 0.845. The molecule has 3 nitrogen and oxygen atoms in total. The Hall–Kier alpha value is -0.120. The predicted molar refractivity (Wildman–Crippen MR) is 46.0 cm³/mol. The molecule has 0 N–H and O–H groups in total. The molecule has 2 saturated heterocycles. The van der Waals surface area contributed by atoms with Gasteiger partial charge in [0, 0.05) is 13.0 Å². The topological polar surface area (TPSA) is 21.7 Å². The van der Waals surface area contributed by atoms with Crippen LogP contribution in [0.5, 0.6) is 0 Å². The van der Waals surface area contributed by atoms with E-state index < -0.39 is 0 Å². The summed E-state index contributed by atoms with van der Waals surface area (Å²) in [7, 11) is 0. The second-order valence-electron chi connectivity index (χ2n) is 3.51. The Labute approximate surface area is 73.6 Å². The van der Waals surface area contributed by atoms with Crippen LogP contribution in [0.1, 0.15) is 19.3 Å². The molecule has 2 aliphatic heterocycles. The molecule has 0 radical (unpaired) electrons. The van der Waals surface area contributed by atoms with E-state index in [1.807, 2.05) is 0 Å². The lowest BCUT2D eigenvalue weighted by atomic mass is 10.4. The number of hydrogen-bond donors (Lipinski definition) is 0. The van der Waals surface area contributed by atoms with Crippen molar-refractivity contribution in [1.82, 2.24) is 4.90 Å². The maximum Gasteiger partial charge on any atom is 0.159 e. The van der Waals surface area contributed by atoms with Crippen LogP contribution in [-0.2, 0) is 9.47 Å². The molecule has 0 unspecified atom stereocenters. The summed E-state index contributed by atoms with van der Waals surface area (Å²) in [6, 6.07) is 0. The fourth-order valence-electron chi connectivity index (χ4n) is 1.87. The third-order valence-corrected chi connectivity index (χ3v) is 2.57. The Kier molecular flexibility index (Phi) is 2.98. The van der Waals surface area contributed by atoms with Crippen LogP contribution in [0.25, 0.3) is 0 Å². The standard InChI is InChI=1S/C9H17NO2/c1-2-5-10(4-1)6-3-9-11-7-8-12-9/h9H,1-8H2. The molecule has 0 spiro atoms. The van der Waals surface area contributed by atoms with E-state index >= 15 is 0 Å². The minimum Gasteiger partial charge on any atom is -0.350 e. The molecule has 0 saturated carbocycles. The second-order valence-corrected chi connectivity index (χ2v) is 3.51. The van der Waals surface area contributed by atoms with E-state index in [2.05, 4.69) is 4.90 Å². The smallest absolute Gasteiger partial charge is 0.159 e. The second kappa shape index (κ2) is 4.21. The molecule has 0 amide bonds. The highest BCUT2D eigenvalue weighted by Gasteiger charge is 2.18. The van der Waals surface area contributed by atoms with E-state index in [1.165, 1.54) is 25.9 Å². The zero-order valence-corrected chi connectivity index (χ0v) is 7.50. The molecule has 2 aliphatic rings. The average molecular weight is 171 g/mol. The number of rotatable bonds is 3. The molecule has 0 bridgehead atoms. The van der Waals surface area contributed by atoms with Crippen molar-refractivity contribution in [3.8, 4) is 0 Å². The van der Waals surface area contributed by atoms with E-state index in [0.717, 1.165) is 26.2 Å². The van der Waals surface area contributed by atoms with Gasteiger partial charge in [0.05, 0.1) is 13.2 Å². The van der Waals surface area contributed by atoms with Gasteiger partial charge in [-0.2, -0.15) is 0 Å². The van der Waals surface area contributed by atoms with E-state index in [4.69, 9.17) is 9.47 Å². The van der Waals surface area contributed by atoms with Gasteiger partial charge in [-0.1, -0.05) is 0 Å². The fourth-order valence-corrected chi connectivity index (χ4v) is 1.87. The van der Waals surface area contributed by atoms with E-state index in [0.29, 0.717) is 0 Å². The lowest BCUT2D eigenvalue weighted by Gasteiger charge is -2.16. The number of likely N-dealkylation sites (tertiary alicyclic amines) is 1. The van der Waals surface area contributed by atoms with E-state index in [-0.39, 0.29) is 6.29 Å². The van der Waals surface area contributed by atoms with Gasteiger partial charge < -0.3 is 14.4 Å². The van der Waals surface area contributed by atoms with Crippen LogP contribution in [-0.4, -0.2) is 44.0 Å². The highest BCUT2D eigenvalue weighted by molar-refractivity contribution is 4.67. The summed E-state index contributed by atoms with van der Waals surface area (Å²) < 4.78 is 10.7. The van der Waals surface area contributed by atoms with Crippen LogP contribution in [0.15, 0.2) is 0 Å². The Morgan fingerprint density at radius 3 is 2.42 bits per heavy atom. The summed E-state index contributed by atoms with van der Waals surface area (Å²) in [5.74, 6) is 0. The van der Waals surface area contributed by atoms with Crippen molar-refractivity contribution in [2.24, 2.45) is 0 Å². The molecule has 0 aromatic heterocycles. The molecule has 0 atom stereocenters. The normalized spacial score (nSPS) is 27.0. The van der Waals surface area contributed by atoms with Gasteiger partial charge in [0.2, 0.25) is 0 Å². The summed E-state index contributed by atoms with van der Waals surface area (Å²) in [5.41, 5.74) is 0. The summed E-state index contributed by atoms with van der Waals surface area (Å²) in [6.45, 7) is 5.25. The van der Waals surface area contributed by atoms with Gasteiger partial charge in [-0.3, -0.25) is 0 Å². The van der Waals surface area contributed by atoms with Crippen LogP contribution in [0.3, 0.4) is 0 Å². The largest absolute Gasteiger partial charge is 0.350 e. The van der Waals surface area contributed by atoms with Gasteiger partial charge in [0.25, 0.3) is 0 Å². The van der Waals surface area contributed by atoms with Crippen LogP contribution in [0, 0.1) is 0 Å². The zero-order chi connectivity index (χ0) is 8.23.